The van der Waals surface area contributed by atoms with Gasteiger partial charge in [0.1, 0.15) is 11.5 Å². The first-order chi connectivity index (χ1) is 14.4. The summed E-state index contributed by atoms with van der Waals surface area (Å²) in [7, 11) is -3.59. The van der Waals surface area contributed by atoms with Gasteiger partial charge >= 0.3 is 0 Å². The van der Waals surface area contributed by atoms with E-state index in [0.717, 1.165) is 6.42 Å². The lowest BCUT2D eigenvalue weighted by molar-refractivity contribution is 0.0954. The molecule has 1 heterocycles. The highest BCUT2D eigenvalue weighted by atomic mass is 32.2. The van der Waals surface area contributed by atoms with Crippen molar-refractivity contribution < 1.29 is 22.4 Å². The van der Waals surface area contributed by atoms with Gasteiger partial charge in [-0.05, 0) is 42.8 Å². The Hall–Kier alpha value is -3.39. The first-order valence-electron chi connectivity index (χ1n) is 9.46. The number of amides is 2. The van der Waals surface area contributed by atoms with Crippen molar-refractivity contribution in [3.8, 4) is 0 Å². The first-order valence-corrected chi connectivity index (χ1v) is 11.1. The molecule has 0 atom stereocenters. The Labute approximate surface area is 175 Å². The van der Waals surface area contributed by atoms with Gasteiger partial charge in [-0.15, -0.1) is 0 Å². The maximum Gasteiger partial charge on any atom is 0.291 e. The normalized spacial score (nSPS) is 11.1. The molecule has 0 spiro atoms. The lowest BCUT2D eigenvalue weighted by atomic mass is 10.1. The van der Waals surface area contributed by atoms with Crippen LogP contribution in [0.25, 0.3) is 0 Å². The third kappa shape index (κ3) is 5.15. The summed E-state index contributed by atoms with van der Waals surface area (Å²) in [6.07, 6.45) is 0.793. The van der Waals surface area contributed by atoms with E-state index in [1.54, 1.807) is 42.5 Å². The molecular formula is C22H22N2O5S. The van der Waals surface area contributed by atoms with Crippen LogP contribution in [0.2, 0.25) is 0 Å². The molecule has 0 radical (unpaired) electrons. The van der Waals surface area contributed by atoms with Gasteiger partial charge in [0.05, 0.1) is 16.1 Å². The van der Waals surface area contributed by atoms with Crippen molar-refractivity contribution >= 4 is 27.3 Å². The smallest absolute Gasteiger partial charge is 0.291 e. The van der Waals surface area contributed by atoms with Crippen molar-refractivity contribution in [3.63, 3.8) is 0 Å². The van der Waals surface area contributed by atoms with Gasteiger partial charge in [0.15, 0.2) is 15.6 Å². The van der Waals surface area contributed by atoms with E-state index in [0.29, 0.717) is 17.8 Å². The number of anilines is 1. The minimum absolute atomic E-state index is 0.0444. The van der Waals surface area contributed by atoms with E-state index in [9.17, 15) is 18.0 Å². The Morgan fingerprint density at radius 2 is 1.60 bits per heavy atom. The van der Waals surface area contributed by atoms with E-state index in [1.165, 1.54) is 24.3 Å². The molecule has 0 fully saturated rings. The van der Waals surface area contributed by atoms with Crippen molar-refractivity contribution in [2.45, 2.75) is 24.0 Å². The summed E-state index contributed by atoms with van der Waals surface area (Å²) in [6.45, 7) is 2.47. The van der Waals surface area contributed by atoms with Crippen molar-refractivity contribution in [3.05, 3.63) is 83.8 Å². The Kier molecular flexibility index (Phi) is 6.68. The van der Waals surface area contributed by atoms with Crippen LogP contribution in [-0.4, -0.2) is 26.8 Å². The second-order valence-corrected chi connectivity index (χ2v) is 8.58. The minimum Gasteiger partial charge on any atom is -0.455 e. The molecule has 8 heteroatoms. The zero-order valence-electron chi connectivity index (χ0n) is 16.4. The number of carbonyl (C=O) groups excluding carboxylic acids is 2. The van der Waals surface area contributed by atoms with Crippen molar-refractivity contribution in [2.24, 2.45) is 0 Å². The van der Waals surface area contributed by atoms with Gasteiger partial charge in [0.25, 0.3) is 11.8 Å². The fraction of sp³-hybridized carbons (Fsp3) is 0.182. The highest BCUT2D eigenvalue weighted by Crippen LogP contribution is 2.20. The number of hydrogen-bond donors (Lipinski definition) is 2. The Morgan fingerprint density at radius 1 is 0.900 bits per heavy atom. The monoisotopic (exact) mass is 426 g/mol. The fourth-order valence-corrected chi connectivity index (χ4v) is 4.05. The van der Waals surface area contributed by atoms with Crippen LogP contribution in [0.3, 0.4) is 0 Å². The van der Waals surface area contributed by atoms with E-state index < -0.39 is 15.7 Å². The topological polar surface area (TPSA) is 105 Å². The fourth-order valence-electron chi connectivity index (χ4n) is 2.78. The average molecular weight is 426 g/mol. The Balaban J connectivity index is 1.73. The van der Waals surface area contributed by atoms with Crippen LogP contribution in [-0.2, 0) is 15.6 Å². The number of para-hydroxylation sites is 1. The Bertz CT molecular complexity index is 1140. The number of rotatable bonds is 8. The van der Waals surface area contributed by atoms with Crippen LogP contribution < -0.4 is 10.6 Å². The maximum atomic E-state index is 12.6. The lowest BCUT2D eigenvalue weighted by Gasteiger charge is -2.10. The zero-order chi connectivity index (χ0) is 21.6. The van der Waals surface area contributed by atoms with Crippen LogP contribution in [0, 0.1) is 0 Å². The third-order valence-corrected chi connectivity index (χ3v) is 5.93. The summed E-state index contributed by atoms with van der Waals surface area (Å²) in [4.78, 5) is 25.0. The summed E-state index contributed by atoms with van der Waals surface area (Å²) in [5, 5.41) is 5.42. The molecule has 2 aromatic carbocycles. The summed E-state index contributed by atoms with van der Waals surface area (Å²) >= 11 is 0. The number of nitrogens with one attached hydrogen (secondary N) is 2. The van der Waals surface area contributed by atoms with Crippen LogP contribution in [0.1, 0.15) is 40.0 Å². The molecule has 2 amide bonds. The molecule has 30 heavy (non-hydrogen) atoms. The molecule has 1 aromatic heterocycles. The molecule has 0 aliphatic rings. The molecule has 3 aromatic rings. The molecule has 0 aliphatic carbocycles. The third-order valence-electron chi connectivity index (χ3n) is 4.28. The van der Waals surface area contributed by atoms with Gasteiger partial charge in [0, 0.05) is 6.54 Å². The molecule has 7 nitrogen and oxygen atoms in total. The molecule has 0 unspecified atom stereocenters. The summed E-state index contributed by atoms with van der Waals surface area (Å²) < 4.78 is 30.4. The van der Waals surface area contributed by atoms with Crippen LogP contribution >= 0.6 is 0 Å². The first kappa shape index (κ1) is 21.3. The van der Waals surface area contributed by atoms with Crippen molar-refractivity contribution in [1.82, 2.24) is 5.32 Å². The molecule has 0 saturated heterocycles. The van der Waals surface area contributed by atoms with Crippen LogP contribution in [0.4, 0.5) is 5.69 Å². The van der Waals surface area contributed by atoms with E-state index >= 15 is 0 Å². The number of carbonyl (C=O) groups is 2. The van der Waals surface area contributed by atoms with Crippen molar-refractivity contribution in [2.75, 3.05) is 11.9 Å². The van der Waals surface area contributed by atoms with Gasteiger partial charge in [0.2, 0.25) is 0 Å². The van der Waals surface area contributed by atoms with E-state index in [4.69, 9.17) is 4.42 Å². The lowest BCUT2D eigenvalue weighted by Crippen LogP contribution is -2.25. The molecule has 3 rings (SSSR count). The largest absolute Gasteiger partial charge is 0.455 e. The van der Waals surface area contributed by atoms with Gasteiger partial charge in [-0.3, -0.25) is 9.59 Å². The Morgan fingerprint density at radius 3 is 2.33 bits per heavy atom. The molecule has 0 bridgehead atoms. The predicted octanol–water partition coefficient (Wildman–Crippen LogP) is 3.65. The minimum atomic E-state index is -3.59. The van der Waals surface area contributed by atoms with Gasteiger partial charge in [-0.1, -0.05) is 37.3 Å². The molecule has 0 saturated carbocycles. The second-order valence-electron chi connectivity index (χ2n) is 6.59. The maximum absolute atomic E-state index is 12.6. The second kappa shape index (κ2) is 9.41. The summed E-state index contributed by atoms with van der Waals surface area (Å²) in [5.41, 5.74) is 0.670. The SMILES string of the molecule is CCCNC(=O)c1ccccc1NC(=O)c1ccc(CS(=O)(=O)c2ccccc2)o1. The van der Waals surface area contributed by atoms with Gasteiger partial charge in [-0.25, -0.2) is 8.42 Å². The predicted molar refractivity (Wildman–Crippen MR) is 113 cm³/mol. The summed E-state index contributed by atoms with van der Waals surface area (Å²) in [6, 6.07) is 17.5. The number of furan rings is 1. The highest BCUT2D eigenvalue weighted by molar-refractivity contribution is 7.90. The highest BCUT2D eigenvalue weighted by Gasteiger charge is 2.20. The number of hydrogen-bond acceptors (Lipinski definition) is 5. The average Bonchev–Trinajstić information content (AvgIpc) is 3.21. The van der Waals surface area contributed by atoms with Crippen LogP contribution in [0.15, 0.2) is 76.0 Å². The van der Waals surface area contributed by atoms with E-state index in [1.807, 2.05) is 6.92 Å². The molecular weight excluding hydrogens is 404 g/mol. The van der Waals surface area contributed by atoms with Gasteiger partial charge < -0.3 is 15.1 Å². The van der Waals surface area contributed by atoms with Gasteiger partial charge in [-0.2, -0.15) is 0 Å². The number of benzene rings is 2. The zero-order valence-corrected chi connectivity index (χ0v) is 17.2. The number of sulfone groups is 1. The van der Waals surface area contributed by atoms with Crippen molar-refractivity contribution in [1.29, 1.82) is 0 Å². The van der Waals surface area contributed by atoms with Crippen LogP contribution in [0.5, 0.6) is 0 Å². The van der Waals surface area contributed by atoms with E-state index in [-0.39, 0.29) is 28.1 Å². The quantitative estimate of drug-likeness (QED) is 0.572. The molecule has 156 valence electrons. The summed E-state index contributed by atoms with van der Waals surface area (Å²) in [5.74, 6) is -1.12. The molecule has 0 aliphatic heterocycles. The standard InChI is InChI=1S/C22H22N2O5S/c1-2-14-23-21(25)18-10-6-7-11-19(18)24-22(26)20-13-12-16(29-20)15-30(27,28)17-8-4-3-5-9-17/h3-13H,2,14-15H2,1H3,(H,23,25)(H,24,26). The van der Waals surface area contributed by atoms with E-state index in [2.05, 4.69) is 10.6 Å². The molecule has 2 N–H and O–H groups in total.